The van der Waals surface area contributed by atoms with Crippen molar-refractivity contribution in [1.82, 2.24) is 14.4 Å². The van der Waals surface area contributed by atoms with Crippen LogP contribution in [-0.2, 0) is 11.2 Å². The molecule has 5 nitrogen and oxygen atoms in total. The van der Waals surface area contributed by atoms with Gasteiger partial charge in [-0.15, -0.1) is 0 Å². The van der Waals surface area contributed by atoms with Crippen molar-refractivity contribution < 1.29 is 14.3 Å². The maximum absolute atomic E-state index is 13.0. The molecule has 2 aromatic heterocycles. The minimum Gasteiger partial charge on any atom is -0.481 e. The molecule has 0 bridgehead atoms. The lowest BCUT2D eigenvalue weighted by Gasteiger charge is -1.92. The van der Waals surface area contributed by atoms with Gasteiger partial charge in [-0.25, -0.2) is 9.37 Å². The van der Waals surface area contributed by atoms with Crippen molar-refractivity contribution in [3.63, 3.8) is 0 Å². The second-order valence-corrected chi connectivity index (χ2v) is 4.11. The number of nitrogens with one attached hydrogen (secondary N) is 1. The summed E-state index contributed by atoms with van der Waals surface area (Å²) in [5.74, 6) is -0.570. The molecule has 0 aliphatic heterocycles. The maximum Gasteiger partial charge on any atom is 0.303 e. The number of hydrogen-bond donors (Lipinski definition) is 2. The Kier molecular flexibility index (Phi) is 2.29. The van der Waals surface area contributed by atoms with Gasteiger partial charge in [-0.3, -0.25) is 9.20 Å². The quantitative estimate of drug-likeness (QED) is 0.743. The van der Waals surface area contributed by atoms with E-state index >= 15 is 0 Å². The number of H-pyrrole nitrogens is 1. The van der Waals surface area contributed by atoms with E-state index in [-0.39, 0.29) is 12.2 Å². The number of rotatable bonds is 3. The van der Waals surface area contributed by atoms with Gasteiger partial charge in [0.2, 0.25) is 5.78 Å². The van der Waals surface area contributed by atoms with Crippen molar-refractivity contribution in [2.75, 3.05) is 0 Å². The predicted molar refractivity (Wildman–Crippen MR) is 63.0 cm³/mol. The van der Waals surface area contributed by atoms with Crippen molar-refractivity contribution in [3.05, 3.63) is 35.9 Å². The van der Waals surface area contributed by atoms with Crippen LogP contribution in [0.1, 0.15) is 12.1 Å². The molecule has 0 atom stereocenters. The van der Waals surface area contributed by atoms with Crippen LogP contribution in [0.25, 0.3) is 16.8 Å². The normalized spacial score (nSPS) is 11.4. The Labute approximate surface area is 101 Å². The predicted octanol–water partition coefficient (Wildman–Crippen LogP) is 1.97. The minimum absolute atomic E-state index is 0.0657. The fraction of sp³-hybridized carbons (Fsp3) is 0.167. The molecule has 2 N–H and O–H groups in total. The fourth-order valence-electron chi connectivity index (χ4n) is 1.99. The molecule has 1 aromatic carbocycles. The van der Waals surface area contributed by atoms with E-state index in [1.807, 2.05) is 0 Å². The lowest BCUT2D eigenvalue weighted by Crippen LogP contribution is -1.97. The van der Waals surface area contributed by atoms with Crippen molar-refractivity contribution in [2.24, 2.45) is 0 Å². The number of nitrogens with zero attached hydrogens (tertiary/aromatic N) is 2. The average Bonchev–Trinajstić information content (AvgIpc) is 2.82. The van der Waals surface area contributed by atoms with Gasteiger partial charge in [0.25, 0.3) is 0 Å². The number of carboxylic acid groups (broad SMARTS) is 1. The molecule has 0 saturated carbocycles. The number of hydrogen-bond acceptors (Lipinski definition) is 2. The molecule has 92 valence electrons. The first-order chi connectivity index (χ1) is 8.63. The van der Waals surface area contributed by atoms with Gasteiger partial charge in [0.1, 0.15) is 5.82 Å². The lowest BCUT2D eigenvalue weighted by molar-refractivity contribution is -0.136. The zero-order chi connectivity index (χ0) is 12.7. The van der Waals surface area contributed by atoms with Gasteiger partial charge in [0.05, 0.1) is 17.5 Å². The minimum atomic E-state index is -0.839. The molecule has 3 aromatic rings. The number of imidazole rings is 2. The van der Waals surface area contributed by atoms with Crippen LogP contribution in [0.5, 0.6) is 0 Å². The lowest BCUT2D eigenvalue weighted by atomic mass is 10.2. The van der Waals surface area contributed by atoms with Crippen molar-refractivity contribution in [2.45, 2.75) is 12.8 Å². The number of benzene rings is 1. The Hall–Kier alpha value is -2.37. The summed E-state index contributed by atoms with van der Waals surface area (Å²) < 4.78 is 14.8. The smallest absolute Gasteiger partial charge is 0.303 e. The van der Waals surface area contributed by atoms with E-state index in [1.54, 1.807) is 16.7 Å². The van der Waals surface area contributed by atoms with Gasteiger partial charge in [0, 0.05) is 18.0 Å². The monoisotopic (exact) mass is 247 g/mol. The van der Waals surface area contributed by atoms with E-state index < -0.39 is 5.97 Å². The molecule has 0 fully saturated rings. The van der Waals surface area contributed by atoms with Crippen LogP contribution in [0.3, 0.4) is 0 Å². The number of aliphatic carboxylic acids is 1. The molecule has 0 spiro atoms. The Morgan fingerprint density at radius 3 is 3.11 bits per heavy atom. The molecule has 6 heteroatoms. The fourth-order valence-corrected chi connectivity index (χ4v) is 1.99. The molecule has 0 unspecified atom stereocenters. The Morgan fingerprint density at radius 1 is 1.50 bits per heavy atom. The molecule has 3 rings (SSSR count). The number of carboxylic acids is 1. The van der Waals surface area contributed by atoms with Crippen molar-refractivity contribution in [3.8, 4) is 0 Å². The third-order valence-electron chi connectivity index (χ3n) is 2.82. The van der Waals surface area contributed by atoms with Crippen LogP contribution in [0.4, 0.5) is 4.39 Å². The van der Waals surface area contributed by atoms with E-state index in [0.29, 0.717) is 17.7 Å². The highest BCUT2D eigenvalue weighted by Crippen LogP contribution is 2.18. The van der Waals surface area contributed by atoms with E-state index in [4.69, 9.17) is 5.11 Å². The molecule has 0 radical (unpaired) electrons. The molecule has 2 heterocycles. The highest BCUT2D eigenvalue weighted by Gasteiger charge is 2.09. The summed E-state index contributed by atoms with van der Waals surface area (Å²) in [4.78, 5) is 17.8. The summed E-state index contributed by atoms with van der Waals surface area (Å²) >= 11 is 0. The number of halogens is 1. The number of fused-ring (bicyclic) bond motifs is 3. The summed E-state index contributed by atoms with van der Waals surface area (Å²) in [5.41, 5.74) is 2.17. The highest BCUT2D eigenvalue weighted by atomic mass is 19.1. The maximum atomic E-state index is 13.0. The van der Waals surface area contributed by atoms with Gasteiger partial charge >= 0.3 is 5.97 Å². The van der Waals surface area contributed by atoms with Gasteiger partial charge in [-0.2, -0.15) is 0 Å². The first-order valence-corrected chi connectivity index (χ1v) is 5.50. The summed E-state index contributed by atoms with van der Waals surface area (Å²) in [6, 6.07) is 4.40. The summed E-state index contributed by atoms with van der Waals surface area (Å²) in [7, 11) is 0. The average molecular weight is 247 g/mol. The second-order valence-electron chi connectivity index (χ2n) is 4.11. The Balaban J connectivity index is 2.05. The van der Waals surface area contributed by atoms with Crippen LogP contribution in [0, 0.1) is 5.82 Å². The molecule has 0 amide bonds. The van der Waals surface area contributed by atoms with Crippen LogP contribution < -0.4 is 0 Å². The zero-order valence-electron chi connectivity index (χ0n) is 9.35. The Morgan fingerprint density at radius 2 is 2.33 bits per heavy atom. The second kappa shape index (κ2) is 3.83. The summed E-state index contributed by atoms with van der Waals surface area (Å²) in [6.07, 6.45) is 2.28. The van der Waals surface area contributed by atoms with Crippen LogP contribution >= 0.6 is 0 Å². The van der Waals surface area contributed by atoms with Crippen LogP contribution in [0.2, 0.25) is 0 Å². The standard InChI is InChI=1S/C12H10FN3O2/c13-7-1-3-10-9(5-7)15-12-14-8(6-16(10)12)2-4-11(17)18/h1,3,5-6H,2,4H2,(H,14,15)(H,17,18). The van der Waals surface area contributed by atoms with Gasteiger partial charge in [-0.05, 0) is 18.6 Å². The molecular formula is C12H10FN3O2. The molecular weight excluding hydrogens is 237 g/mol. The third kappa shape index (κ3) is 1.71. The number of carbonyl (C=O) groups is 1. The van der Waals surface area contributed by atoms with Gasteiger partial charge < -0.3 is 10.1 Å². The Bertz CT molecular complexity index is 744. The molecule has 0 aliphatic rings. The largest absolute Gasteiger partial charge is 0.481 e. The number of aryl methyl sites for hydroxylation is 1. The number of aromatic amines is 1. The summed E-state index contributed by atoms with van der Waals surface area (Å²) in [5, 5.41) is 8.62. The number of aromatic nitrogens is 3. The third-order valence-corrected chi connectivity index (χ3v) is 2.82. The summed E-state index contributed by atoms with van der Waals surface area (Å²) in [6.45, 7) is 0. The highest BCUT2D eigenvalue weighted by molar-refractivity contribution is 5.79. The molecule has 18 heavy (non-hydrogen) atoms. The van der Waals surface area contributed by atoms with E-state index in [1.165, 1.54) is 12.1 Å². The first-order valence-electron chi connectivity index (χ1n) is 5.50. The molecule has 0 saturated heterocycles. The van der Waals surface area contributed by atoms with E-state index in [2.05, 4.69) is 9.97 Å². The first kappa shape index (κ1) is 10.8. The van der Waals surface area contributed by atoms with Crippen molar-refractivity contribution >= 4 is 22.8 Å². The van der Waals surface area contributed by atoms with Gasteiger partial charge in [0.15, 0.2) is 0 Å². The van der Waals surface area contributed by atoms with Crippen LogP contribution in [0.15, 0.2) is 24.4 Å². The van der Waals surface area contributed by atoms with Crippen LogP contribution in [-0.4, -0.2) is 25.4 Å². The SMILES string of the molecule is O=C(O)CCc1cn2c(nc3cc(F)ccc32)[nH]1. The molecule has 0 aliphatic carbocycles. The van der Waals surface area contributed by atoms with E-state index in [9.17, 15) is 9.18 Å². The van der Waals surface area contributed by atoms with Gasteiger partial charge in [-0.1, -0.05) is 0 Å². The topological polar surface area (TPSA) is 70.4 Å². The van der Waals surface area contributed by atoms with E-state index in [0.717, 1.165) is 11.2 Å². The van der Waals surface area contributed by atoms with Crippen molar-refractivity contribution in [1.29, 1.82) is 0 Å². The zero-order valence-corrected chi connectivity index (χ0v) is 9.35.